The van der Waals surface area contributed by atoms with Crippen LogP contribution in [0.25, 0.3) is 10.8 Å². The SMILES string of the molecule is CC(Cc1c(C(=O)NC(C)(C)C(=O)O)cc(Cl)c2ccccc12)c1ccc(C(F)(F)F)nc1. The summed E-state index contributed by atoms with van der Waals surface area (Å²) < 4.78 is 38.6. The third-order valence-electron chi connectivity index (χ3n) is 5.47. The van der Waals surface area contributed by atoms with Gasteiger partial charge in [0.15, 0.2) is 0 Å². The molecule has 1 aromatic heterocycles. The molecule has 0 bridgehead atoms. The molecule has 0 aliphatic carbocycles. The Kier molecular flexibility index (Phi) is 6.70. The number of pyridine rings is 1. The molecular weight excluding hydrogens is 457 g/mol. The van der Waals surface area contributed by atoms with Crippen LogP contribution in [0, 0.1) is 0 Å². The fraction of sp³-hybridized carbons (Fsp3) is 0.292. The minimum absolute atomic E-state index is 0.208. The summed E-state index contributed by atoms with van der Waals surface area (Å²) in [5, 5.41) is 13.6. The van der Waals surface area contributed by atoms with Gasteiger partial charge in [-0.3, -0.25) is 9.78 Å². The van der Waals surface area contributed by atoms with Crippen molar-refractivity contribution in [1.29, 1.82) is 0 Å². The summed E-state index contributed by atoms with van der Waals surface area (Å²) in [4.78, 5) is 28.1. The standard InChI is InChI=1S/C24H22ClF3N2O3/c1-13(14-8-9-20(29-12-14)24(26,27)28)10-17-15-6-4-5-7-16(15)19(25)11-18(17)21(31)30-23(2,3)22(32)33/h4-9,11-13H,10H2,1-3H3,(H,30,31)(H,32,33). The van der Waals surface area contributed by atoms with Crippen LogP contribution in [0.1, 0.15) is 53.9 Å². The zero-order valence-electron chi connectivity index (χ0n) is 18.1. The number of amides is 1. The molecule has 0 saturated carbocycles. The minimum Gasteiger partial charge on any atom is -0.480 e. The highest BCUT2D eigenvalue weighted by Gasteiger charge is 2.33. The largest absolute Gasteiger partial charge is 0.480 e. The number of halogens is 4. The van der Waals surface area contributed by atoms with Crippen molar-refractivity contribution in [2.24, 2.45) is 0 Å². The average Bonchev–Trinajstić information content (AvgIpc) is 2.74. The third kappa shape index (κ3) is 5.27. The second kappa shape index (κ2) is 9.02. The Morgan fingerprint density at radius 1 is 1.12 bits per heavy atom. The van der Waals surface area contributed by atoms with E-state index in [9.17, 15) is 27.9 Å². The maximum Gasteiger partial charge on any atom is 0.433 e. The highest BCUT2D eigenvalue weighted by molar-refractivity contribution is 6.36. The van der Waals surface area contributed by atoms with E-state index in [0.717, 1.165) is 6.07 Å². The first kappa shape index (κ1) is 24.5. The number of carbonyl (C=O) groups excluding carboxylic acids is 1. The van der Waals surface area contributed by atoms with Crippen LogP contribution in [0.3, 0.4) is 0 Å². The number of carbonyl (C=O) groups is 2. The van der Waals surface area contributed by atoms with Crippen molar-refractivity contribution in [3.05, 3.63) is 76.1 Å². The molecule has 3 aromatic rings. The van der Waals surface area contributed by atoms with E-state index in [2.05, 4.69) is 10.3 Å². The molecule has 0 spiro atoms. The summed E-state index contributed by atoms with van der Waals surface area (Å²) in [5.74, 6) is -2.10. The van der Waals surface area contributed by atoms with E-state index >= 15 is 0 Å². The van der Waals surface area contributed by atoms with Gasteiger partial charge in [0, 0.05) is 22.2 Å². The number of nitrogens with one attached hydrogen (secondary N) is 1. The van der Waals surface area contributed by atoms with Crippen LogP contribution in [0.2, 0.25) is 5.02 Å². The number of aliphatic carboxylic acids is 1. The lowest BCUT2D eigenvalue weighted by molar-refractivity contribution is -0.143. The van der Waals surface area contributed by atoms with E-state index in [4.69, 9.17) is 11.6 Å². The summed E-state index contributed by atoms with van der Waals surface area (Å²) >= 11 is 6.41. The Labute approximate surface area is 193 Å². The molecule has 3 rings (SSSR count). The number of rotatable bonds is 6. The number of fused-ring (bicyclic) bond motifs is 1. The van der Waals surface area contributed by atoms with E-state index in [-0.39, 0.29) is 11.5 Å². The maximum absolute atomic E-state index is 13.1. The Morgan fingerprint density at radius 2 is 1.76 bits per heavy atom. The molecule has 1 unspecified atom stereocenters. The number of hydrogen-bond acceptors (Lipinski definition) is 3. The van der Waals surface area contributed by atoms with Gasteiger partial charge in [-0.1, -0.05) is 48.9 Å². The Balaban J connectivity index is 2.05. The second-order valence-electron chi connectivity index (χ2n) is 8.39. The molecule has 0 aliphatic heterocycles. The lowest BCUT2D eigenvalue weighted by Crippen LogP contribution is -2.49. The topological polar surface area (TPSA) is 79.3 Å². The van der Waals surface area contributed by atoms with Crippen molar-refractivity contribution in [2.75, 3.05) is 0 Å². The number of aromatic nitrogens is 1. The molecular formula is C24H22ClF3N2O3. The molecule has 0 saturated heterocycles. The van der Waals surface area contributed by atoms with Gasteiger partial charge in [-0.2, -0.15) is 13.2 Å². The van der Waals surface area contributed by atoms with E-state index < -0.39 is 29.3 Å². The van der Waals surface area contributed by atoms with Gasteiger partial charge in [-0.15, -0.1) is 0 Å². The number of carboxylic acid groups (broad SMARTS) is 1. The maximum atomic E-state index is 13.1. The van der Waals surface area contributed by atoms with Gasteiger partial charge in [0.2, 0.25) is 0 Å². The summed E-state index contributed by atoms with van der Waals surface area (Å²) in [7, 11) is 0. The molecule has 1 amide bonds. The van der Waals surface area contributed by atoms with Crippen LogP contribution in [0.4, 0.5) is 13.2 Å². The fourth-order valence-corrected chi connectivity index (χ4v) is 3.78. The van der Waals surface area contributed by atoms with Crippen molar-refractivity contribution in [3.63, 3.8) is 0 Å². The predicted octanol–water partition coefficient (Wildman–Crippen LogP) is 5.85. The predicted molar refractivity (Wildman–Crippen MR) is 119 cm³/mol. The van der Waals surface area contributed by atoms with Crippen molar-refractivity contribution >= 4 is 34.2 Å². The molecule has 9 heteroatoms. The lowest BCUT2D eigenvalue weighted by atomic mass is 9.88. The molecule has 5 nitrogen and oxygen atoms in total. The molecule has 2 aromatic carbocycles. The first-order chi connectivity index (χ1) is 15.3. The smallest absolute Gasteiger partial charge is 0.433 e. The van der Waals surface area contributed by atoms with E-state index in [1.807, 2.05) is 6.92 Å². The monoisotopic (exact) mass is 478 g/mol. The minimum atomic E-state index is -4.53. The number of alkyl halides is 3. The van der Waals surface area contributed by atoms with Crippen molar-refractivity contribution in [3.8, 4) is 0 Å². The normalized spacial score (nSPS) is 13.1. The average molecular weight is 479 g/mol. The van der Waals surface area contributed by atoms with Crippen LogP contribution in [0.15, 0.2) is 48.7 Å². The highest BCUT2D eigenvalue weighted by Crippen LogP contribution is 2.34. The molecule has 0 fully saturated rings. The van der Waals surface area contributed by atoms with Crippen LogP contribution in [-0.2, 0) is 17.4 Å². The molecule has 2 N–H and O–H groups in total. The first-order valence-electron chi connectivity index (χ1n) is 10.1. The van der Waals surface area contributed by atoms with Crippen molar-refractivity contribution in [2.45, 2.75) is 44.8 Å². The Bertz CT molecular complexity index is 1210. The summed E-state index contributed by atoms with van der Waals surface area (Å²) in [6, 6.07) is 11.0. The molecule has 1 heterocycles. The van der Waals surface area contributed by atoms with Crippen molar-refractivity contribution < 1.29 is 27.9 Å². The lowest BCUT2D eigenvalue weighted by Gasteiger charge is -2.23. The van der Waals surface area contributed by atoms with Crippen LogP contribution < -0.4 is 5.32 Å². The Morgan fingerprint density at radius 3 is 2.30 bits per heavy atom. The highest BCUT2D eigenvalue weighted by atomic mass is 35.5. The summed E-state index contributed by atoms with van der Waals surface area (Å²) in [5.41, 5.74) is -1.11. The number of carboxylic acids is 1. The number of benzene rings is 2. The molecule has 174 valence electrons. The van der Waals surface area contributed by atoms with Gasteiger partial charge in [-0.25, -0.2) is 4.79 Å². The van der Waals surface area contributed by atoms with E-state index in [1.165, 1.54) is 32.2 Å². The molecule has 0 aliphatic rings. The fourth-order valence-electron chi connectivity index (χ4n) is 3.51. The van der Waals surface area contributed by atoms with Gasteiger partial charge < -0.3 is 10.4 Å². The number of nitrogens with zero attached hydrogens (tertiary/aromatic N) is 1. The van der Waals surface area contributed by atoms with Gasteiger partial charge in [0.05, 0.1) is 0 Å². The van der Waals surface area contributed by atoms with Gasteiger partial charge >= 0.3 is 12.1 Å². The Hall–Kier alpha value is -3.13. The van der Waals surface area contributed by atoms with E-state index in [1.54, 1.807) is 24.3 Å². The first-order valence-corrected chi connectivity index (χ1v) is 10.5. The summed E-state index contributed by atoms with van der Waals surface area (Å²) in [6.45, 7) is 4.55. The number of hydrogen-bond donors (Lipinski definition) is 2. The van der Waals surface area contributed by atoms with Gasteiger partial charge in [0.25, 0.3) is 5.91 Å². The third-order valence-corrected chi connectivity index (χ3v) is 5.78. The summed E-state index contributed by atoms with van der Waals surface area (Å²) in [6.07, 6.45) is -3.06. The van der Waals surface area contributed by atoms with E-state index in [0.29, 0.717) is 33.3 Å². The van der Waals surface area contributed by atoms with Gasteiger partial charge in [-0.05, 0) is 54.8 Å². The van der Waals surface area contributed by atoms with Crippen molar-refractivity contribution in [1.82, 2.24) is 10.3 Å². The second-order valence-corrected chi connectivity index (χ2v) is 8.80. The molecule has 1 atom stereocenters. The quantitative estimate of drug-likeness (QED) is 0.466. The zero-order chi connectivity index (χ0) is 24.6. The van der Waals surface area contributed by atoms with Crippen LogP contribution >= 0.6 is 11.6 Å². The molecule has 0 radical (unpaired) electrons. The van der Waals surface area contributed by atoms with Crippen LogP contribution in [0.5, 0.6) is 0 Å². The van der Waals surface area contributed by atoms with Crippen LogP contribution in [-0.4, -0.2) is 27.5 Å². The zero-order valence-corrected chi connectivity index (χ0v) is 18.9. The molecule has 33 heavy (non-hydrogen) atoms. The van der Waals surface area contributed by atoms with Gasteiger partial charge in [0.1, 0.15) is 11.2 Å².